The average molecular weight is 512 g/mol. The van der Waals surface area contributed by atoms with Crippen LogP contribution >= 0.6 is 35.3 Å². The van der Waals surface area contributed by atoms with E-state index in [1.807, 2.05) is 0 Å². The van der Waals surface area contributed by atoms with Crippen molar-refractivity contribution in [2.24, 2.45) is 4.99 Å². The van der Waals surface area contributed by atoms with Crippen LogP contribution in [-0.2, 0) is 19.1 Å². The van der Waals surface area contributed by atoms with E-state index in [-0.39, 0.29) is 24.0 Å². The van der Waals surface area contributed by atoms with Crippen LogP contribution in [0.5, 0.6) is 0 Å². The number of guanidine groups is 1. The Labute approximate surface area is 178 Å². The Bertz CT molecular complexity index is 727. The Balaban J connectivity index is 0.00000364. The monoisotopic (exact) mass is 512 g/mol. The van der Waals surface area contributed by atoms with E-state index in [2.05, 4.69) is 39.8 Å². The van der Waals surface area contributed by atoms with Crippen LogP contribution in [0.3, 0.4) is 0 Å². The van der Waals surface area contributed by atoms with Crippen LogP contribution in [0.25, 0.3) is 0 Å². The van der Waals surface area contributed by atoms with Gasteiger partial charge in [0.2, 0.25) is 0 Å². The van der Waals surface area contributed by atoms with Gasteiger partial charge in [-0.25, -0.2) is 4.98 Å². The van der Waals surface area contributed by atoms with E-state index in [0.29, 0.717) is 31.4 Å². The molecule has 0 aliphatic heterocycles. The quantitative estimate of drug-likeness (QED) is 0.332. The smallest absolute Gasteiger partial charge is 0.356 e. The van der Waals surface area contributed by atoms with Crippen LogP contribution in [0.2, 0.25) is 0 Å². The van der Waals surface area contributed by atoms with E-state index in [0.717, 1.165) is 28.4 Å². The molecule has 0 unspecified atom stereocenters. The largest absolute Gasteiger partial charge is 0.416 e. The second kappa shape index (κ2) is 10.8. The number of rotatable bonds is 6. The number of alkyl halides is 3. The Morgan fingerprint density at radius 3 is 2.37 bits per heavy atom. The number of halogens is 4. The molecule has 0 aliphatic carbocycles. The van der Waals surface area contributed by atoms with E-state index in [4.69, 9.17) is 0 Å². The van der Waals surface area contributed by atoms with Crippen LogP contribution in [0.15, 0.2) is 34.6 Å². The van der Waals surface area contributed by atoms with Gasteiger partial charge in [0.15, 0.2) is 5.96 Å². The number of hydrogen-bond acceptors (Lipinski definition) is 3. The topological polar surface area (TPSA) is 49.3 Å². The number of benzene rings is 1. The summed E-state index contributed by atoms with van der Waals surface area (Å²) < 4.78 is 37.7. The van der Waals surface area contributed by atoms with E-state index < -0.39 is 11.7 Å². The molecule has 2 N–H and O–H groups in total. The lowest BCUT2D eigenvalue weighted by molar-refractivity contribution is -0.137. The number of aliphatic imine (C=N–C) groups is 1. The Hall–Kier alpha value is -1.36. The minimum Gasteiger partial charge on any atom is -0.356 e. The van der Waals surface area contributed by atoms with Gasteiger partial charge in [0, 0.05) is 19.0 Å². The number of nitrogens with zero attached hydrogens (tertiary/aromatic N) is 2. The molecular weight excluding hydrogens is 488 g/mol. The van der Waals surface area contributed by atoms with Gasteiger partial charge in [-0.1, -0.05) is 26.0 Å². The highest BCUT2D eigenvalue weighted by atomic mass is 127. The molecule has 0 aliphatic rings. The van der Waals surface area contributed by atoms with E-state index in [1.165, 1.54) is 12.1 Å². The summed E-state index contributed by atoms with van der Waals surface area (Å²) in [7, 11) is 1.68. The van der Waals surface area contributed by atoms with Crippen molar-refractivity contribution in [3.63, 3.8) is 0 Å². The molecular formula is C18H24F3IN4S. The van der Waals surface area contributed by atoms with Crippen LogP contribution in [0.1, 0.15) is 41.6 Å². The molecule has 1 aromatic carbocycles. The predicted molar refractivity (Wildman–Crippen MR) is 115 cm³/mol. The maximum absolute atomic E-state index is 12.6. The van der Waals surface area contributed by atoms with Gasteiger partial charge in [-0.3, -0.25) is 4.99 Å². The molecule has 0 saturated carbocycles. The third-order valence-electron chi connectivity index (χ3n) is 3.78. The third-order valence-corrected chi connectivity index (χ3v) is 4.65. The van der Waals surface area contributed by atoms with Crippen molar-refractivity contribution in [2.45, 2.75) is 38.9 Å². The molecule has 0 fully saturated rings. The summed E-state index contributed by atoms with van der Waals surface area (Å²) in [6.07, 6.45) is -3.69. The Kier molecular flexibility index (Phi) is 9.51. The first-order chi connectivity index (χ1) is 12.3. The number of thiazole rings is 1. The number of aromatic nitrogens is 1. The van der Waals surface area contributed by atoms with E-state index in [9.17, 15) is 13.2 Å². The molecule has 0 amide bonds. The summed E-state index contributed by atoms with van der Waals surface area (Å²) in [4.78, 5) is 8.70. The molecule has 0 bridgehead atoms. The van der Waals surface area contributed by atoms with Crippen LogP contribution in [0.4, 0.5) is 13.2 Å². The van der Waals surface area contributed by atoms with Gasteiger partial charge in [-0.15, -0.1) is 35.3 Å². The highest BCUT2D eigenvalue weighted by molar-refractivity contribution is 14.0. The third kappa shape index (κ3) is 7.65. The van der Waals surface area contributed by atoms with Gasteiger partial charge < -0.3 is 10.6 Å². The van der Waals surface area contributed by atoms with Crippen molar-refractivity contribution in [3.8, 4) is 0 Å². The van der Waals surface area contributed by atoms with Crippen molar-refractivity contribution in [1.82, 2.24) is 15.6 Å². The van der Waals surface area contributed by atoms with Crippen LogP contribution in [0, 0.1) is 0 Å². The molecule has 0 spiro atoms. The van der Waals surface area contributed by atoms with Crippen molar-refractivity contribution in [1.29, 1.82) is 0 Å². The molecule has 0 atom stereocenters. The highest BCUT2D eigenvalue weighted by Crippen LogP contribution is 2.29. The van der Waals surface area contributed by atoms with E-state index in [1.54, 1.807) is 18.4 Å². The van der Waals surface area contributed by atoms with Gasteiger partial charge in [0.25, 0.3) is 0 Å². The molecule has 27 heavy (non-hydrogen) atoms. The van der Waals surface area contributed by atoms with E-state index >= 15 is 0 Å². The van der Waals surface area contributed by atoms with Crippen molar-refractivity contribution in [2.75, 3.05) is 13.6 Å². The Morgan fingerprint density at radius 2 is 1.85 bits per heavy atom. The Morgan fingerprint density at radius 1 is 1.19 bits per heavy atom. The molecule has 1 heterocycles. The molecule has 2 rings (SSSR count). The maximum atomic E-state index is 12.6. The highest BCUT2D eigenvalue weighted by Gasteiger charge is 2.29. The zero-order chi connectivity index (χ0) is 19.2. The molecule has 4 nitrogen and oxygen atoms in total. The summed E-state index contributed by atoms with van der Waals surface area (Å²) in [5, 5.41) is 9.39. The van der Waals surface area contributed by atoms with Crippen molar-refractivity contribution < 1.29 is 13.2 Å². The fourth-order valence-electron chi connectivity index (χ4n) is 2.24. The second-order valence-corrected chi connectivity index (χ2v) is 7.06. The maximum Gasteiger partial charge on any atom is 0.416 e. The minimum absolute atomic E-state index is 0. The summed E-state index contributed by atoms with van der Waals surface area (Å²) in [6.45, 7) is 5.36. The fourth-order valence-corrected chi connectivity index (χ4v) is 3.13. The zero-order valence-corrected chi connectivity index (χ0v) is 18.6. The molecule has 9 heteroatoms. The molecule has 0 radical (unpaired) electrons. The zero-order valence-electron chi connectivity index (χ0n) is 15.4. The lowest BCUT2D eigenvalue weighted by atomic mass is 10.1. The SMILES string of the molecule is CN=C(NCCc1ccc(C(F)(F)F)cc1)NCc1nc(C(C)C)cs1.I. The predicted octanol–water partition coefficient (Wildman–Crippen LogP) is 4.81. The van der Waals surface area contributed by atoms with Crippen LogP contribution < -0.4 is 10.6 Å². The van der Waals surface area contributed by atoms with Crippen LogP contribution in [-0.4, -0.2) is 24.5 Å². The normalized spacial score (nSPS) is 12.0. The van der Waals surface area contributed by atoms with Gasteiger partial charge in [0.1, 0.15) is 5.01 Å². The molecule has 0 saturated heterocycles. The second-order valence-electron chi connectivity index (χ2n) is 6.12. The summed E-state index contributed by atoms with van der Waals surface area (Å²) in [5.74, 6) is 1.04. The molecule has 150 valence electrons. The lowest BCUT2D eigenvalue weighted by Gasteiger charge is -2.11. The van der Waals surface area contributed by atoms with Crippen molar-refractivity contribution >= 4 is 41.3 Å². The fraction of sp³-hybridized carbons (Fsp3) is 0.444. The average Bonchev–Trinajstić information content (AvgIpc) is 3.07. The lowest BCUT2D eigenvalue weighted by Crippen LogP contribution is -2.37. The minimum atomic E-state index is -4.30. The molecule has 2 aromatic rings. The summed E-state index contributed by atoms with van der Waals surface area (Å²) in [5.41, 5.74) is 1.29. The van der Waals surface area contributed by atoms with Gasteiger partial charge in [0.05, 0.1) is 17.8 Å². The van der Waals surface area contributed by atoms with Gasteiger partial charge in [-0.05, 0) is 30.0 Å². The first-order valence-corrected chi connectivity index (χ1v) is 9.22. The first-order valence-electron chi connectivity index (χ1n) is 8.34. The summed E-state index contributed by atoms with van der Waals surface area (Å²) in [6, 6.07) is 5.22. The van der Waals surface area contributed by atoms with Gasteiger partial charge >= 0.3 is 6.18 Å². The number of hydrogen-bond donors (Lipinski definition) is 2. The number of nitrogens with one attached hydrogen (secondary N) is 2. The van der Waals surface area contributed by atoms with Gasteiger partial charge in [-0.2, -0.15) is 13.2 Å². The first kappa shape index (κ1) is 23.7. The summed E-state index contributed by atoms with van der Waals surface area (Å²) >= 11 is 1.61. The molecule has 1 aromatic heterocycles. The van der Waals surface area contributed by atoms with Crippen molar-refractivity contribution in [3.05, 3.63) is 51.5 Å². The standard InChI is InChI=1S/C18H23F3N4S.HI/c1-12(2)15-11-26-16(25-15)10-24-17(22-3)23-9-8-13-4-6-14(7-5-13)18(19,20)21;/h4-7,11-12H,8-10H2,1-3H3,(H2,22,23,24);1H.